The minimum atomic E-state index is -1.26. The summed E-state index contributed by atoms with van der Waals surface area (Å²) < 4.78 is 13.9. The zero-order valence-corrected chi connectivity index (χ0v) is 10.3. The van der Waals surface area contributed by atoms with E-state index in [1.54, 1.807) is 6.92 Å². The smallest absolute Gasteiger partial charge is 0.352 e. The Balaban J connectivity index is 3.01. The number of aryl methyl sites for hydroxylation is 1. The summed E-state index contributed by atoms with van der Waals surface area (Å²) in [5.74, 6) is -1.95. The Labute approximate surface area is 103 Å². The maximum absolute atomic E-state index is 13.8. The third-order valence-electron chi connectivity index (χ3n) is 2.43. The van der Waals surface area contributed by atoms with Gasteiger partial charge in [-0.15, -0.1) is 0 Å². The van der Waals surface area contributed by atoms with Crippen LogP contribution < -0.4 is 5.43 Å². The Kier molecular flexibility index (Phi) is 2.74. The lowest BCUT2D eigenvalue weighted by atomic mass is 10.1. The van der Waals surface area contributed by atoms with E-state index < -0.39 is 17.2 Å². The zero-order chi connectivity index (χ0) is 12.7. The maximum Gasteiger partial charge on any atom is 0.352 e. The van der Waals surface area contributed by atoms with Gasteiger partial charge >= 0.3 is 5.97 Å². The van der Waals surface area contributed by atoms with Crippen molar-refractivity contribution in [2.45, 2.75) is 6.92 Å². The first-order valence-electron chi connectivity index (χ1n) is 4.66. The number of hydrogen-bond donors (Lipinski definition) is 2. The van der Waals surface area contributed by atoms with Gasteiger partial charge in [-0.25, -0.2) is 9.18 Å². The molecule has 4 nitrogen and oxygen atoms in total. The van der Waals surface area contributed by atoms with Gasteiger partial charge in [0, 0.05) is 6.07 Å². The Morgan fingerprint density at radius 1 is 1.47 bits per heavy atom. The lowest BCUT2D eigenvalue weighted by Crippen LogP contribution is -2.11. The van der Waals surface area contributed by atoms with Crippen LogP contribution in [0.1, 0.15) is 16.1 Å². The first kappa shape index (κ1) is 11.8. The van der Waals surface area contributed by atoms with Crippen molar-refractivity contribution in [3.8, 4) is 0 Å². The number of aromatic amines is 1. The second-order valence-electron chi connectivity index (χ2n) is 3.59. The van der Waals surface area contributed by atoms with Crippen molar-refractivity contribution in [3.63, 3.8) is 0 Å². The molecule has 0 aliphatic carbocycles. The Hall–Kier alpha value is -1.69. The van der Waals surface area contributed by atoms with E-state index in [-0.39, 0.29) is 21.1 Å². The highest BCUT2D eigenvalue weighted by Crippen LogP contribution is 2.24. The maximum atomic E-state index is 13.8. The first-order chi connectivity index (χ1) is 7.91. The summed E-state index contributed by atoms with van der Waals surface area (Å²) in [7, 11) is 0. The van der Waals surface area contributed by atoms with Crippen LogP contribution in [-0.2, 0) is 0 Å². The molecule has 17 heavy (non-hydrogen) atoms. The lowest BCUT2D eigenvalue weighted by molar-refractivity contribution is 0.0691. The molecule has 0 unspecified atom stereocenters. The van der Waals surface area contributed by atoms with Gasteiger partial charge in [-0.05, 0) is 34.5 Å². The highest BCUT2D eigenvalue weighted by molar-refractivity contribution is 9.10. The lowest BCUT2D eigenvalue weighted by Gasteiger charge is -2.06. The number of fused-ring (bicyclic) bond motifs is 1. The Morgan fingerprint density at radius 3 is 2.71 bits per heavy atom. The van der Waals surface area contributed by atoms with Crippen molar-refractivity contribution < 1.29 is 14.3 Å². The largest absolute Gasteiger partial charge is 0.477 e. The minimum absolute atomic E-state index is 0.137. The number of pyridine rings is 1. The fraction of sp³-hybridized carbons (Fsp3) is 0.0909. The predicted molar refractivity (Wildman–Crippen MR) is 63.9 cm³/mol. The summed E-state index contributed by atoms with van der Waals surface area (Å²) in [5, 5.41) is 8.67. The third kappa shape index (κ3) is 1.84. The van der Waals surface area contributed by atoms with Gasteiger partial charge in [0.25, 0.3) is 0 Å². The summed E-state index contributed by atoms with van der Waals surface area (Å²) in [5.41, 5.74) is -0.116. The number of aromatic nitrogens is 1. The van der Waals surface area contributed by atoms with E-state index in [9.17, 15) is 14.0 Å². The van der Waals surface area contributed by atoms with Crippen molar-refractivity contribution in [1.29, 1.82) is 0 Å². The van der Waals surface area contributed by atoms with E-state index in [0.717, 1.165) is 6.07 Å². The number of aromatic carboxylic acids is 1. The molecule has 0 amide bonds. The van der Waals surface area contributed by atoms with Crippen molar-refractivity contribution in [2.24, 2.45) is 0 Å². The molecule has 1 heterocycles. The van der Waals surface area contributed by atoms with E-state index in [2.05, 4.69) is 20.9 Å². The molecule has 2 rings (SSSR count). The average Bonchev–Trinajstić information content (AvgIpc) is 2.25. The van der Waals surface area contributed by atoms with Gasteiger partial charge in [-0.1, -0.05) is 0 Å². The van der Waals surface area contributed by atoms with Crippen LogP contribution in [0.25, 0.3) is 10.9 Å². The normalized spacial score (nSPS) is 10.8. The number of carbonyl (C=O) groups is 1. The van der Waals surface area contributed by atoms with Crippen LogP contribution in [0.2, 0.25) is 0 Å². The molecular formula is C11H7BrFNO3. The molecule has 88 valence electrons. The minimum Gasteiger partial charge on any atom is -0.477 e. The number of hydrogen-bond acceptors (Lipinski definition) is 2. The molecular weight excluding hydrogens is 293 g/mol. The van der Waals surface area contributed by atoms with Gasteiger partial charge in [0.15, 0.2) is 11.2 Å². The topological polar surface area (TPSA) is 70.2 Å². The molecule has 0 aliphatic rings. The summed E-state index contributed by atoms with van der Waals surface area (Å²) in [4.78, 5) is 25.0. The van der Waals surface area contributed by atoms with Crippen LogP contribution in [0.4, 0.5) is 4.39 Å². The van der Waals surface area contributed by atoms with E-state index in [0.29, 0.717) is 5.56 Å². The monoisotopic (exact) mass is 299 g/mol. The second kappa shape index (κ2) is 3.96. The van der Waals surface area contributed by atoms with E-state index >= 15 is 0 Å². The van der Waals surface area contributed by atoms with Gasteiger partial charge in [-0.3, -0.25) is 4.79 Å². The molecule has 0 atom stereocenters. The molecule has 2 N–H and O–H groups in total. The highest BCUT2D eigenvalue weighted by Gasteiger charge is 2.15. The number of nitrogens with one attached hydrogen (secondary N) is 1. The van der Waals surface area contributed by atoms with Crippen LogP contribution in [0.5, 0.6) is 0 Å². The van der Waals surface area contributed by atoms with Gasteiger partial charge in [0.2, 0.25) is 0 Å². The molecule has 0 spiro atoms. The average molecular weight is 300 g/mol. The molecule has 0 bridgehead atoms. The molecule has 1 aromatic heterocycles. The van der Waals surface area contributed by atoms with E-state index in [4.69, 9.17) is 5.11 Å². The summed E-state index contributed by atoms with van der Waals surface area (Å²) >= 11 is 3.00. The van der Waals surface area contributed by atoms with Gasteiger partial charge in [-0.2, -0.15) is 0 Å². The number of halogens is 2. The summed E-state index contributed by atoms with van der Waals surface area (Å²) in [6.07, 6.45) is 0. The zero-order valence-electron chi connectivity index (χ0n) is 8.67. The second-order valence-corrected chi connectivity index (χ2v) is 4.45. The highest BCUT2D eigenvalue weighted by atomic mass is 79.9. The van der Waals surface area contributed by atoms with Crippen molar-refractivity contribution >= 4 is 32.8 Å². The Bertz CT molecular complexity index is 693. The molecule has 0 radical (unpaired) electrons. The fourth-order valence-corrected chi connectivity index (χ4v) is 2.18. The van der Waals surface area contributed by atoms with Crippen LogP contribution >= 0.6 is 15.9 Å². The van der Waals surface area contributed by atoms with Crippen molar-refractivity contribution in [3.05, 3.63) is 43.9 Å². The standard InChI is InChI=1S/C11H7BrFNO3/c1-4-2-5(12)9(13)8-7(15)3-6(11(16)17)14-10(4)8/h2-3H,1H3,(H,14,15)(H,16,17). The van der Waals surface area contributed by atoms with Crippen molar-refractivity contribution in [1.82, 2.24) is 4.98 Å². The van der Waals surface area contributed by atoms with E-state index in [1.807, 2.05) is 0 Å². The number of benzene rings is 1. The third-order valence-corrected chi connectivity index (χ3v) is 3.01. The van der Waals surface area contributed by atoms with Crippen LogP contribution in [0, 0.1) is 12.7 Å². The quantitative estimate of drug-likeness (QED) is 0.849. The van der Waals surface area contributed by atoms with Gasteiger partial charge < -0.3 is 10.1 Å². The van der Waals surface area contributed by atoms with Crippen LogP contribution in [-0.4, -0.2) is 16.1 Å². The van der Waals surface area contributed by atoms with Gasteiger partial charge in [0.1, 0.15) is 5.69 Å². The van der Waals surface area contributed by atoms with Crippen LogP contribution in [0.3, 0.4) is 0 Å². The van der Waals surface area contributed by atoms with Crippen molar-refractivity contribution in [2.75, 3.05) is 0 Å². The summed E-state index contributed by atoms with van der Waals surface area (Å²) in [6.45, 7) is 1.66. The number of carboxylic acid groups (broad SMARTS) is 1. The fourth-order valence-electron chi connectivity index (χ4n) is 1.63. The Morgan fingerprint density at radius 2 is 2.12 bits per heavy atom. The molecule has 2 aromatic rings. The molecule has 0 saturated carbocycles. The summed E-state index contributed by atoms with van der Waals surface area (Å²) in [6, 6.07) is 2.36. The SMILES string of the molecule is Cc1cc(Br)c(F)c2c(=O)cc(C(=O)O)[nH]c12. The van der Waals surface area contributed by atoms with Gasteiger partial charge in [0.05, 0.1) is 15.4 Å². The first-order valence-corrected chi connectivity index (χ1v) is 5.46. The number of rotatable bonds is 1. The molecule has 0 fully saturated rings. The molecule has 0 aliphatic heterocycles. The van der Waals surface area contributed by atoms with Crippen LogP contribution in [0.15, 0.2) is 21.4 Å². The number of H-pyrrole nitrogens is 1. The van der Waals surface area contributed by atoms with E-state index in [1.165, 1.54) is 6.07 Å². The molecule has 6 heteroatoms. The predicted octanol–water partition coefficient (Wildman–Crippen LogP) is 2.44. The molecule has 1 aromatic carbocycles. The molecule has 0 saturated heterocycles. The number of carboxylic acids is 1.